The standard InChI is InChI=1S/C20H34N4.HI/c1-17-14-18(2)16-19(15-17)8-10-23-20(21-3)22-9-4-5-11-24-12-6-7-13-24;/h14-16H,4-13H2,1-3H3,(H2,21,22,23);1H. The van der Waals surface area contributed by atoms with Crippen LogP contribution in [0.1, 0.15) is 42.4 Å². The van der Waals surface area contributed by atoms with E-state index in [1.807, 2.05) is 7.05 Å². The second kappa shape index (κ2) is 12.5. The van der Waals surface area contributed by atoms with Crippen LogP contribution in [0.3, 0.4) is 0 Å². The van der Waals surface area contributed by atoms with E-state index in [2.05, 4.69) is 52.6 Å². The Labute approximate surface area is 170 Å². The SMILES string of the molecule is CN=C(NCCCCN1CCCC1)NCCc1cc(C)cc(C)c1.I. The molecule has 0 radical (unpaired) electrons. The Morgan fingerprint density at radius 2 is 1.64 bits per heavy atom. The summed E-state index contributed by atoms with van der Waals surface area (Å²) in [5.74, 6) is 0.917. The van der Waals surface area contributed by atoms with Crippen LogP contribution in [0, 0.1) is 13.8 Å². The van der Waals surface area contributed by atoms with Gasteiger partial charge in [-0.2, -0.15) is 0 Å². The lowest BCUT2D eigenvalue weighted by molar-refractivity contribution is 0.330. The van der Waals surface area contributed by atoms with Gasteiger partial charge in [-0.15, -0.1) is 24.0 Å². The number of nitrogens with one attached hydrogen (secondary N) is 2. The van der Waals surface area contributed by atoms with E-state index in [1.54, 1.807) is 0 Å². The van der Waals surface area contributed by atoms with Gasteiger partial charge in [-0.05, 0) is 71.1 Å². The number of hydrogen-bond donors (Lipinski definition) is 2. The zero-order valence-electron chi connectivity index (χ0n) is 16.1. The minimum atomic E-state index is 0. The zero-order valence-corrected chi connectivity index (χ0v) is 18.4. The summed E-state index contributed by atoms with van der Waals surface area (Å²) in [5.41, 5.74) is 4.07. The molecular formula is C20H35IN4. The third-order valence-corrected chi connectivity index (χ3v) is 4.60. The molecule has 0 bridgehead atoms. The van der Waals surface area contributed by atoms with Crippen LogP contribution in [-0.4, -0.2) is 50.6 Å². The Kier molecular flexibility index (Phi) is 11.1. The molecule has 2 N–H and O–H groups in total. The predicted molar refractivity (Wildman–Crippen MR) is 119 cm³/mol. The summed E-state index contributed by atoms with van der Waals surface area (Å²) >= 11 is 0. The van der Waals surface area contributed by atoms with E-state index in [0.29, 0.717) is 0 Å². The molecule has 0 saturated carbocycles. The third kappa shape index (κ3) is 8.90. The largest absolute Gasteiger partial charge is 0.356 e. The van der Waals surface area contributed by atoms with Gasteiger partial charge in [0.25, 0.3) is 0 Å². The van der Waals surface area contributed by atoms with Gasteiger partial charge < -0.3 is 15.5 Å². The second-order valence-electron chi connectivity index (χ2n) is 6.93. The van der Waals surface area contributed by atoms with E-state index in [-0.39, 0.29) is 24.0 Å². The number of nitrogens with zero attached hydrogens (tertiary/aromatic N) is 2. The maximum atomic E-state index is 4.31. The summed E-state index contributed by atoms with van der Waals surface area (Å²) in [4.78, 5) is 6.89. The number of unbranched alkanes of at least 4 members (excludes halogenated alkanes) is 1. The number of halogens is 1. The molecule has 5 heteroatoms. The highest BCUT2D eigenvalue weighted by Crippen LogP contribution is 2.09. The first kappa shape index (κ1) is 22.2. The van der Waals surface area contributed by atoms with Gasteiger partial charge >= 0.3 is 0 Å². The Balaban J connectivity index is 0.00000312. The fourth-order valence-electron chi connectivity index (χ4n) is 3.43. The fourth-order valence-corrected chi connectivity index (χ4v) is 3.43. The molecule has 0 spiro atoms. The van der Waals surface area contributed by atoms with Crippen LogP contribution < -0.4 is 10.6 Å². The van der Waals surface area contributed by atoms with E-state index in [1.165, 1.54) is 62.0 Å². The van der Waals surface area contributed by atoms with Crippen LogP contribution in [0.2, 0.25) is 0 Å². The van der Waals surface area contributed by atoms with Crippen LogP contribution in [0.15, 0.2) is 23.2 Å². The maximum absolute atomic E-state index is 4.31. The minimum Gasteiger partial charge on any atom is -0.356 e. The lowest BCUT2D eigenvalue weighted by Crippen LogP contribution is -2.38. The van der Waals surface area contributed by atoms with E-state index < -0.39 is 0 Å². The van der Waals surface area contributed by atoms with Gasteiger partial charge in [0.1, 0.15) is 0 Å². The molecule has 1 aromatic rings. The average molecular weight is 458 g/mol. The van der Waals surface area contributed by atoms with Crippen molar-refractivity contribution in [3.63, 3.8) is 0 Å². The molecule has 142 valence electrons. The number of aliphatic imine (C=N–C) groups is 1. The molecule has 1 aromatic carbocycles. The van der Waals surface area contributed by atoms with Gasteiger partial charge in [-0.25, -0.2) is 0 Å². The zero-order chi connectivity index (χ0) is 17.2. The number of likely N-dealkylation sites (tertiary alicyclic amines) is 1. The Hall–Kier alpha value is -0.820. The minimum absolute atomic E-state index is 0. The quantitative estimate of drug-likeness (QED) is 0.271. The number of benzene rings is 1. The molecular weight excluding hydrogens is 423 g/mol. The molecule has 1 aliphatic heterocycles. The summed E-state index contributed by atoms with van der Waals surface area (Å²) in [6.07, 6.45) is 6.27. The maximum Gasteiger partial charge on any atom is 0.190 e. The molecule has 0 aliphatic carbocycles. The molecule has 0 unspecified atom stereocenters. The molecule has 1 heterocycles. The van der Waals surface area contributed by atoms with Gasteiger partial charge in [0.2, 0.25) is 0 Å². The summed E-state index contributed by atoms with van der Waals surface area (Å²) in [7, 11) is 1.84. The summed E-state index contributed by atoms with van der Waals surface area (Å²) < 4.78 is 0. The van der Waals surface area contributed by atoms with E-state index in [9.17, 15) is 0 Å². The molecule has 1 aliphatic rings. The number of aryl methyl sites for hydroxylation is 2. The predicted octanol–water partition coefficient (Wildman–Crippen LogP) is 3.50. The molecule has 2 rings (SSSR count). The lowest BCUT2D eigenvalue weighted by Gasteiger charge is -2.15. The summed E-state index contributed by atoms with van der Waals surface area (Å²) in [6, 6.07) is 6.76. The number of rotatable bonds is 8. The summed E-state index contributed by atoms with van der Waals surface area (Å²) in [5, 5.41) is 6.84. The second-order valence-corrected chi connectivity index (χ2v) is 6.93. The topological polar surface area (TPSA) is 39.7 Å². The number of guanidine groups is 1. The van der Waals surface area contributed by atoms with Crippen LogP contribution in [0.25, 0.3) is 0 Å². The molecule has 1 saturated heterocycles. The molecule has 0 aromatic heterocycles. The van der Waals surface area contributed by atoms with E-state index in [0.717, 1.165) is 25.5 Å². The summed E-state index contributed by atoms with van der Waals surface area (Å²) in [6.45, 7) is 10.1. The first-order valence-corrected chi connectivity index (χ1v) is 9.41. The highest BCUT2D eigenvalue weighted by molar-refractivity contribution is 14.0. The highest BCUT2D eigenvalue weighted by Gasteiger charge is 2.10. The molecule has 0 atom stereocenters. The first-order valence-electron chi connectivity index (χ1n) is 9.41. The van der Waals surface area contributed by atoms with Crippen molar-refractivity contribution in [2.45, 2.75) is 46.0 Å². The van der Waals surface area contributed by atoms with Gasteiger partial charge in [0.15, 0.2) is 5.96 Å². The van der Waals surface area contributed by atoms with E-state index >= 15 is 0 Å². The molecule has 4 nitrogen and oxygen atoms in total. The average Bonchev–Trinajstić information content (AvgIpc) is 3.05. The van der Waals surface area contributed by atoms with Crippen LogP contribution in [0.5, 0.6) is 0 Å². The molecule has 0 amide bonds. The van der Waals surface area contributed by atoms with Crippen molar-refractivity contribution >= 4 is 29.9 Å². The lowest BCUT2D eigenvalue weighted by atomic mass is 10.1. The van der Waals surface area contributed by atoms with Crippen LogP contribution >= 0.6 is 24.0 Å². The van der Waals surface area contributed by atoms with Crippen molar-refractivity contribution < 1.29 is 0 Å². The number of hydrogen-bond acceptors (Lipinski definition) is 2. The van der Waals surface area contributed by atoms with Crippen molar-refractivity contribution in [2.75, 3.05) is 39.8 Å². The molecule has 25 heavy (non-hydrogen) atoms. The van der Waals surface area contributed by atoms with E-state index in [4.69, 9.17) is 0 Å². The Morgan fingerprint density at radius 1 is 1.00 bits per heavy atom. The Bertz CT molecular complexity index is 504. The highest BCUT2D eigenvalue weighted by atomic mass is 127. The monoisotopic (exact) mass is 458 g/mol. The van der Waals surface area contributed by atoms with Gasteiger partial charge in [0.05, 0.1) is 0 Å². The van der Waals surface area contributed by atoms with Crippen LogP contribution in [-0.2, 0) is 6.42 Å². The van der Waals surface area contributed by atoms with Crippen molar-refractivity contribution in [3.8, 4) is 0 Å². The van der Waals surface area contributed by atoms with Gasteiger partial charge in [-0.1, -0.05) is 29.3 Å². The Morgan fingerprint density at radius 3 is 2.28 bits per heavy atom. The van der Waals surface area contributed by atoms with Crippen molar-refractivity contribution in [3.05, 3.63) is 34.9 Å². The third-order valence-electron chi connectivity index (χ3n) is 4.60. The normalized spacial score (nSPS) is 15.1. The van der Waals surface area contributed by atoms with Crippen molar-refractivity contribution in [1.82, 2.24) is 15.5 Å². The fraction of sp³-hybridized carbons (Fsp3) is 0.650. The van der Waals surface area contributed by atoms with Crippen molar-refractivity contribution in [1.29, 1.82) is 0 Å². The van der Waals surface area contributed by atoms with Gasteiger partial charge in [0, 0.05) is 20.1 Å². The van der Waals surface area contributed by atoms with Crippen molar-refractivity contribution in [2.24, 2.45) is 4.99 Å². The van der Waals surface area contributed by atoms with Crippen LogP contribution in [0.4, 0.5) is 0 Å². The molecule has 1 fully saturated rings. The smallest absolute Gasteiger partial charge is 0.190 e. The first-order chi connectivity index (χ1) is 11.7. The van der Waals surface area contributed by atoms with Gasteiger partial charge in [-0.3, -0.25) is 4.99 Å².